The smallest absolute Gasteiger partial charge is 0.319 e. The molecule has 1 heterocycles. The second-order valence-electron chi connectivity index (χ2n) is 6.90. The number of carbonyl (C=O) groups is 2. The average Bonchev–Trinajstić information content (AvgIpc) is 3.41. The van der Waals surface area contributed by atoms with Crippen LogP contribution in [0.5, 0.6) is 5.75 Å². The summed E-state index contributed by atoms with van der Waals surface area (Å²) in [6.07, 6.45) is 2.07. The van der Waals surface area contributed by atoms with E-state index in [1.54, 1.807) is 29.6 Å². The van der Waals surface area contributed by atoms with Crippen LogP contribution in [0, 0.1) is 0 Å². The first kappa shape index (κ1) is 19.9. The van der Waals surface area contributed by atoms with Crippen LogP contribution in [0.25, 0.3) is 10.6 Å². The van der Waals surface area contributed by atoms with Gasteiger partial charge in [-0.1, -0.05) is 0 Å². The fourth-order valence-electron chi connectivity index (χ4n) is 2.78. The van der Waals surface area contributed by atoms with Gasteiger partial charge in [-0.15, -0.1) is 11.3 Å². The van der Waals surface area contributed by atoms with E-state index in [9.17, 15) is 9.59 Å². The minimum absolute atomic E-state index is 0.210. The molecule has 30 heavy (non-hydrogen) atoms. The van der Waals surface area contributed by atoms with Gasteiger partial charge in [0.25, 0.3) is 5.91 Å². The average molecular weight is 423 g/mol. The van der Waals surface area contributed by atoms with Crippen LogP contribution in [0.4, 0.5) is 16.2 Å². The van der Waals surface area contributed by atoms with Crippen molar-refractivity contribution in [3.63, 3.8) is 0 Å². The lowest BCUT2D eigenvalue weighted by Crippen LogP contribution is -2.30. The number of nitrogens with zero attached hydrogens (tertiary/aromatic N) is 1. The van der Waals surface area contributed by atoms with Crippen molar-refractivity contribution in [2.75, 3.05) is 17.2 Å². The summed E-state index contributed by atoms with van der Waals surface area (Å²) in [5.41, 5.74) is 2.58. The molecular weight excluding hydrogens is 400 g/mol. The summed E-state index contributed by atoms with van der Waals surface area (Å²) in [6.45, 7) is 2.56. The van der Waals surface area contributed by atoms with Crippen molar-refractivity contribution >= 4 is 34.6 Å². The number of carbonyl (C=O) groups excluding carboxylic acids is 2. The summed E-state index contributed by atoms with van der Waals surface area (Å²) in [7, 11) is 0. The Morgan fingerprint density at radius 3 is 2.33 bits per heavy atom. The van der Waals surface area contributed by atoms with Gasteiger partial charge in [0.1, 0.15) is 16.5 Å². The highest BCUT2D eigenvalue weighted by atomic mass is 32.1. The third-order valence-electron chi connectivity index (χ3n) is 4.46. The summed E-state index contributed by atoms with van der Waals surface area (Å²) in [5, 5.41) is 11.0. The second kappa shape index (κ2) is 8.96. The van der Waals surface area contributed by atoms with Crippen molar-refractivity contribution in [1.82, 2.24) is 10.3 Å². The van der Waals surface area contributed by atoms with E-state index in [0.29, 0.717) is 29.7 Å². The zero-order valence-corrected chi connectivity index (χ0v) is 17.3. The first-order valence-electron chi connectivity index (χ1n) is 9.78. The molecule has 1 aliphatic rings. The summed E-state index contributed by atoms with van der Waals surface area (Å²) in [5.74, 6) is 0.523. The van der Waals surface area contributed by atoms with E-state index in [1.807, 2.05) is 31.2 Å². The molecule has 3 amide bonds. The number of aromatic nitrogens is 1. The standard InChI is InChI=1S/C22H22N4O3S/c1-2-29-18-11-3-14(4-12-18)21-26-19(13-30-21)20(27)23-15-5-7-16(8-6-15)24-22(28)25-17-9-10-17/h3-8,11-13,17H,2,9-10H2,1H3,(H,23,27)(H2,24,25,28). The molecule has 0 unspecified atom stereocenters. The number of thiazole rings is 1. The summed E-state index contributed by atoms with van der Waals surface area (Å²) in [4.78, 5) is 28.7. The highest BCUT2D eigenvalue weighted by Crippen LogP contribution is 2.26. The molecule has 0 radical (unpaired) electrons. The zero-order chi connectivity index (χ0) is 20.9. The number of benzene rings is 2. The molecule has 4 rings (SSSR count). The molecule has 3 N–H and O–H groups in total. The van der Waals surface area contributed by atoms with Gasteiger partial charge in [0.05, 0.1) is 6.61 Å². The van der Waals surface area contributed by atoms with Crippen molar-refractivity contribution in [1.29, 1.82) is 0 Å². The van der Waals surface area contributed by atoms with Crippen LogP contribution in [-0.2, 0) is 0 Å². The van der Waals surface area contributed by atoms with Gasteiger partial charge in [-0.25, -0.2) is 9.78 Å². The normalized spacial score (nSPS) is 12.8. The fraction of sp³-hybridized carbons (Fsp3) is 0.227. The van der Waals surface area contributed by atoms with Crippen LogP contribution in [0.3, 0.4) is 0 Å². The van der Waals surface area contributed by atoms with E-state index < -0.39 is 0 Å². The van der Waals surface area contributed by atoms with Crippen molar-refractivity contribution in [3.05, 3.63) is 59.6 Å². The van der Waals surface area contributed by atoms with E-state index in [0.717, 1.165) is 29.2 Å². The molecule has 0 saturated heterocycles. The maximum atomic E-state index is 12.5. The van der Waals surface area contributed by atoms with Gasteiger partial charge in [-0.05, 0) is 68.3 Å². The van der Waals surface area contributed by atoms with Gasteiger partial charge < -0.3 is 20.7 Å². The lowest BCUT2D eigenvalue weighted by atomic mass is 10.2. The first-order valence-corrected chi connectivity index (χ1v) is 10.7. The molecule has 8 heteroatoms. The highest BCUT2D eigenvalue weighted by molar-refractivity contribution is 7.13. The molecule has 0 spiro atoms. The van der Waals surface area contributed by atoms with Crippen molar-refractivity contribution < 1.29 is 14.3 Å². The zero-order valence-electron chi connectivity index (χ0n) is 16.5. The molecule has 0 aliphatic heterocycles. The third kappa shape index (κ3) is 5.15. The third-order valence-corrected chi connectivity index (χ3v) is 5.35. The predicted molar refractivity (Wildman–Crippen MR) is 118 cm³/mol. The van der Waals surface area contributed by atoms with Gasteiger partial charge in [-0.3, -0.25) is 4.79 Å². The maximum Gasteiger partial charge on any atom is 0.319 e. The number of urea groups is 1. The molecule has 7 nitrogen and oxygen atoms in total. The van der Waals surface area contributed by atoms with E-state index in [4.69, 9.17) is 4.74 Å². The molecule has 1 aromatic heterocycles. The molecule has 0 bridgehead atoms. The quantitative estimate of drug-likeness (QED) is 0.513. The molecular formula is C22H22N4O3S. The van der Waals surface area contributed by atoms with E-state index in [-0.39, 0.29) is 11.9 Å². The van der Waals surface area contributed by atoms with Crippen LogP contribution in [0.2, 0.25) is 0 Å². The summed E-state index contributed by atoms with van der Waals surface area (Å²) in [6, 6.07) is 14.7. The topological polar surface area (TPSA) is 92.3 Å². The Kier molecular flexibility index (Phi) is 5.94. The van der Waals surface area contributed by atoms with Gasteiger partial charge in [-0.2, -0.15) is 0 Å². The van der Waals surface area contributed by atoms with Crippen LogP contribution in [-0.4, -0.2) is 29.6 Å². The number of anilines is 2. The van der Waals surface area contributed by atoms with E-state index in [2.05, 4.69) is 20.9 Å². The fourth-order valence-corrected chi connectivity index (χ4v) is 3.59. The van der Waals surface area contributed by atoms with Gasteiger partial charge >= 0.3 is 6.03 Å². The van der Waals surface area contributed by atoms with Crippen molar-refractivity contribution in [2.45, 2.75) is 25.8 Å². The largest absolute Gasteiger partial charge is 0.494 e. The van der Waals surface area contributed by atoms with Crippen molar-refractivity contribution in [3.8, 4) is 16.3 Å². The Balaban J connectivity index is 1.35. The molecule has 1 aliphatic carbocycles. The Labute approximate surface area is 178 Å². The number of hydrogen-bond donors (Lipinski definition) is 3. The SMILES string of the molecule is CCOc1ccc(-c2nc(C(=O)Nc3ccc(NC(=O)NC4CC4)cc3)cs2)cc1. The predicted octanol–water partition coefficient (Wildman–Crippen LogP) is 4.75. The number of amides is 3. The van der Waals surface area contributed by atoms with Crippen LogP contribution < -0.4 is 20.7 Å². The molecule has 154 valence electrons. The molecule has 2 aromatic carbocycles. The summed E-state index contributed by atoms with van der Waals surface area (Å²) >= 11 is 1.41. The Morgan fingerprint density at radius 1 is 1.03 bits per heavy atom. The molecule has 1 fully saturated rings. The number of hydrogen-bond acceptors (Lipinski definition) is 5. The highest BCUT2D eigenvalue weighted by Gasteiger charge is 2.23. The first-order chi connectivity index (χ1) is 14.6. The number of nitrogens with one attached hydrogen (secondary N) is 3. The van der Waals surface area contributed by atoms with Gasteiger partial charge in [0.2, 0.25) is 0 Å². The maximum absolute atomic E-state index is 12.5. The van der Waals surface area contributed by atoms with Crippen LogP contribution in [0.1, 0.15) is 30.3 Å². The monoisotopic (exact) mass is 422 g/mol. The Morgan fingerprint density at radius 2 is 1.70 bits per heavy atom. The second-order valence-corrected chi connectivity index (χ2v) is 7.76. The number of ether oxygens (including phenoxy) is 1. The molecule has 0 atom stereocenters. The lowest BCUT2D eigenvalue weighted by Gasteiger charge is -2.08. The van der Waals surface area contributed by atoms with Crippen LogP contribution >= 0.6 is 11.3 Å². The minimum Gasteiger partial charge on any atom is -0.494 e. The molecule has 3 aromatic rings. The van der Waals surface area contributed by atoms with E-state index in [1.165, 1.54) is 11.3 Å². The molecule has 1 saturated carbocycles. The Bertz CT molecular complexity index is 1030. The van der Waals surface area contributed by atoms with Crippen LogP contribution in [0.15, 0.2) is 53.9 Å². The van der Waals surface area contributed by atoms with Gasteiger partial charge in [0.15, 0.2) is 0 Å². The number of rotatable bonds is 7. The lowest BCUT2D eigenvalue weighted by molar-refractivity contribution is 0.102. The Hall–Kier alpha value is -3.39. The van der Waals surface area contributed by atoms with Gasteiger partial charge in [0, 0.05) is 28.4 Å². The van der Waals surface area contributed by atoms with E-state index >= 15 is 0 Å². The van der Waals surface area contributed by atoms with Crippen molar-refractivity contribution in [2.24, 2.45) is 0 Å². The summed E-state index contributed by atoms with van der Waals surface area (Å²) < 4.78 is 5.45. The minimum atomic E-state index is -0.282.